The van der Waals surface area contributed by atoms with Crippen LogP contribution in [0.5, 0.6) is 0 Å². The molecule has 0 amide bonds. The molecule has 0 fully saturated rings. The summed E-state index contributed by atoms with van der Waals surface area (Å²) in [5.74, 6) is -0.0962. The van der Waals surface area contributed by atoms with Gasteiger partial charge in [-0.15, -0.1) is 0 Å². The average molecular weight is 269 g/mol. The number of carbonyl (C=O) groups excluding carboxylic acids is 1. The Labute approximate surface area is 120 Å². The fraction of sp³-hybridized carbons (Fsp3) is 0.294. The molecular weight excluding hydrogens is 250 g/mol. The second-order valence-electron chi connectivity index (χ2n) is 4.78. The van der Waals surface area contributed by atoms with Crippen molar-refractivity contribution < 1.29 is 9.53 Å². The summed E-state index contributed by atoms with van der Waals surface area (Å²) < 4.78 is 5.05. The van der Waals surface area contributed by atoms with Gasteiger partial charge in [0.25, 0.3) is 0 Å². The van der Waals surface area contributed by atoms with Crippen molar-refractivity contribution >= 4 is 12.0 Å². The summed E-state index contributed by atoms with van der Waals surface area (Å²) in [6.45, 7) is 4.45. The van der Waals surface area contributed by atoms with Crippen molar-refractivity contribution in [3.8, 4) is 6.07 Å². The quantitative estimate of drug-likeness (QED) is 0.342. The standard InChI is InChI=1S/C17H19NO2/c1-14(2)11-12-20-17(19)16(13-18)10-6-9-15-7-4-3-5-8-15/h3-10,14H,11-12H2,1-2H3. The number of benzene rings is 1. The third-order valence-electron chi connectivity index (χ3n) is 2.62. The SMILES string of the molecule is CC(C)CCOC(=O)C(C#N)=CC=Cc1ccccc1. The maximum Gasteiger partial charge on any atom is 0.348 e. The lowest BCUT2D eigenvalue weighted by Gasteiger charge is -2.05. The van der Waals surface area contributed by atoms with Crippen molar-refractivity contribution in [3.05, 3.63) is 53.6 Å². The molecule has 0 aromatic heterocycles. The third kappa shape index (κ3) is 6.01. The molecule has 0 saturated carbocycles. The Hall–Kier alpha value is -2.34. The molecule has 0 unspecified atom stereocenters. The highest BCUT2D eigenvalue weighted by Gasteiger charge is 2.09. The molecule has 1 aromatic rings. The summed E-state index contributed by atoms with van der Waals surface area (Å²) >= 11 is 0. The Bertz CT molecular complexity index is 522. The first-order valence-electron chi connectivity index (χ1n) is 6.64. The zero-order valence-electron chi connectivity index (χ0n) is 11.9. The van der Waals surface area contributed by atoms with E-state index in [9.17, 15) is 4.79 Å². The van der Waals surface area contributed by atoms with Crippen LogP contribution in [0.15, 0.2) is 48.1 Å². The Morgan fingerprint density at radius 1 is 1.35 bits per heavy atom. The van der Waals surface area contributed by atoms with Gasteiger partial charge in [-0.25, -0.2) is 4.79 Å². The molecule has 1 aromatic carbocycles. The monoisotopic (exact) mass is 269 g/mol. The minimum Gasteiger partial charge on any atom is -0.462 e. The number of rotatable bonds is 6. The van der Waals surface area contributed by atoms with Crippen LogP contribution in [0.25, 0.3) is 6.08 Å². The number of carbonyl (C=O) groups is 1. The zero-order valence-corrected chi connectivity index (χ0v) is 11.9. The molecule has 3 nitrogen and oxygen atoms in total. The number of hydrogen-bond donors (Lipinski definition) is 0. The fourth-order valence-electron chi connectivity index (χ4n) is 1.44. The van der Waals surface area contributed by atoms with E-state index in [1.165, 1.54) is 6.08 Å². The van der Waals surface area contributed by atoms with Crippen LogP contribution in [0.1, 0.15) is 25.8 Å². The summed E-state index contributed by atoms with van der Waals surface area (Å²) in [5.41, 5.74) is 1.02. The Balaban J connectivity index is 2.57. The van der Waals surface area contributed by atoms with E-state index in [-0.39, 0.29) is 5.57 Å². The second-order valence-corrected chi connectivity index (χ2v) is 4.78. The van der Waals surface area contributed by atoms with Gasteiger partial charge in [0.05, 0.1) is 6.61 Å². The van der Waals surface area contributed by atoms with Gasteiger partial charge in [-0.2, -0.15) is 5.26 Å². The van der Waals surface area contributed by atoms with Crippen LogP contribution < -0.4 is 0 Å². The van der Waals surface area contributed by atoms with E-state index in [2.05, 4.69) is 13.8 Å². The largest absolute Gasteiger partial charge is 0.462 e. The highest BCUT2D eigenvalue weighted by Crippen LogP contribution is 2.05. The van der Waals surface area contributed by atoms with Crippen molar-refractivity contribution in [2.45, 2.75) is 20.3 Å². The van der Waals surface area contributed by atoms with Crippen LogP contribution in [0, 0.1) is 17.2 Å². The second kappa shape index (κ2) is 8.71. The number of nitriles is 1. The summed E-state index contributed by atoms with van der Waals surface area (Å²) in [4.78, 5) is 11.7. The van der Waals surface area contributed by atoms with E-state index < -0.39 is 5.97 Å². The van der Waals surface area contributed by atoms with Crippen LogP contribution in [-0.4, -0.2) is 12.6 Å². The number of esters is 1. The summed E-state index contributed by atoms with van der Waals surface area (Å²) in [6.07, 6.45) is 5.78. The molecule has 0 radical (unpaired) electrons. The molecule has 1 rings (SSSR count). The van der Waals surface area contributed by atoms with Crippen molar-refractivity contribution in [2.75, 3.05) is 6.61 Å². The van der Waals surface area contributed by atoms with Gasteiger partial charge in [0.15, 0.2) is 0 Å². The zero-order chi connectivity index (χ0) is 14.8. The maximum atomic E-state index is 11.7. The molecule has 0 atom stereocenters. The van der Waals surface area contributed by atoms with Gasteiger partial charge in [0.2, 0.25) is 0 Å². The van der Waals surface area contributed by atoms with Crippen molar-refractivity contribution in [1.82, 2.24) is 0 Å². The molecule has 0 heterocycles. The van der Waals surface area contributed by atoms with E-state index in [0.29, 0.717) is 12.5 Å². The Morgan fingerprint density at radius 3 is 2.65 bits per heavy atom. The van der Waals surface area contributed by atoms with E-state index in [0.717, 1.165) is 12.0 Å². The summed E-state index contributed by atoms with van der Waals surface area (Å²) in [6, 6.07) is 11.5. The average Bonchev–Trinajstić information content (AvgIpc) is 2.44. The van der Waals surface area contributed by atoms with Crippen LogP contribution in [0.2, 0.25) is 0 Å². The highest BCUT2D eigenvalue weighted by atomic mass is 16.5. The van der Waals surface area contributed by atoms with E-state index in [4.69, 9.17) is 10.00 Å². The number of ether oxygens (including phenoxy) is 1. The molecule has 0 spiro atoms. The van der Waals surface area contributed by atoms with Gasteiger partial charge in [0, 0.05) is 0 Å². The predicted molar refractivity (Wildman–Crippen MR) is 79.6 cm³/mol. The molecule has 3 heteroatoms. The number of nitrogens with zero attached hydrogens (tertiary/aromatic N) is 1. The lowest BCUT2D eigenvalue weighted by Crippen LogP contribution is -2.09. The van der Waals surface area contributed by atoms with Gasteiger partial charge >= 0.3 is 5.97 Å². The van der Waals surface area contributed by atoms with Crippen LogP contribution in [0.4, 0.5) is 0 Å². The third-order valence-corrected chi connectivity index (χ3v) is 2.62. The van der Waals surface area contributed by atoms with Crippen molar-refractivity contribution in [1.29, 1.82) is 5.26 Å². The fourth-order valence-corrected chi connectivity index (χ4v) is 1.44. The topological polar surface area (TPSA) is 50.1 Å². The number of hydrogen-bond acceptors (Lipinski definition) is 3. The van der Waals surface area contributed by atoms with Gasteiger partial charge in [-0.05, 0) is 24.0 Å². The van der Waals surface area contributed by atoms with Crippen molar-refractivity contribution in [2.24, 2.45) is 5.92 Å². The van der Waals surface area contributed by atoms with Crippen LogP contribution >= 0.6 is 0 Å². The van der Waals surface area contributed by atoms with E-state index in [1.54, 1.807) is 6.08 Å². The molecule has 104 valence electrons. The first kappa shape index (κ1) is 15.7. The normalized spacial score (nSPS) is 11.6. The molecule has 0 saturated heterocycles. The van der Waals surface area contributed by atoms with Crippen LogP contribution in [0.3, 0.4) is 0 Å². The predicted octanol–water partition coefficient (Wildman–Crippen LogP) is 3.74. The minimum absolute atomic E-state index is 0.0148. The summed E-state index contributed by atoms with van der Waals surface area (Å²) in [7, 11) is 0. The Kier molecular flexibility index (Phi) is 6.84. The lowest BCUT2D eigenvalue weighted by atomic mass is 10.1. The minimum atomic E-state index is -0.564. The van der Waals surface area contributed by atoms with E-state index in [1.807, 2.05) is 42.5 Å². The molecule has 20 heavy (non-hydrogen) atoms. The molecule has 0 aliphatic heterocycles. The van der Waals surface area contributed by atoms with Gasteiger partial charge in [-0.1, -0.05) is 56.3 Å². The van der Waals surface area contributed by atoms with Gasteiger partial charge in [0.1, 0.15) is 11.6 Å². The maximum absolute atomic E-state index is 11.7. The molecular formula is C17H19NO2. The van der Waals surface area contributed by atoms with Crippen molar-refractivity contribution in [3.63, 3.8) is 0 Å². The summed E-state index contributed by atoms with van der Waals surface area (Å²) in [5, 5.41) is 8.95. The highest BCUT2D eigenvalue weighted by molar-refractivity contribution is 5.93. The number of allylic oxidation sites excluding steroid dienone is 2. The smallest absolute Gasteiger partial charge is 0.348 e. The van der Waals surface area contributed by atoms with Crippen LogP contribution in [-0.2, 0) is 9.53 Å². The molecule has 0 bridgehead atoms. The van der Waals surface area contributed by atoms with Gasteiger partial charge in [-0.3, -0.25) is 0 Å². The first-order valence-corrected chi connectivity index (χ1v) is 6.64. The van der Waals surface area contributed by atoms with E-state index >= 15 is 0 Å². The van der Waals surface area contributed by atoms with Gasteiger partial charge < -0.3 is 4.74 Å². The lowest BCUT2D eigenvalue weighted by molar-refractivity contribution is -0.138. The molecule has 0 aliphatic rings. The molecule has 0 aliphatic carbocycles. The first-order chi connectivity index (χ1) is 9.63. The molecule has 0 N–H and O–H groups in total. The Morgan fingerprint density at radius 2 is 2.05 bits per heavy atom.